The van der Waals surface area contributed by atoms with Crippen molar-refractivity contribution in [1.82, 2.24) is 15.5 Å². The Morgan fingerprint density at radius 1 is 1.18 bits per heavy atom. The van der Waals surface area contributed by atoms with Crippen LogP contribution >= 0.6 is 24.0 Å². The third-order valence-electron chi connectivity index (χ3n) is 3.52. The van der Waals surface area contributed by atoms with Crippen LogP contribution in [0.4, 0.5) is 0 Å². The summed E-state index contributed by atoms with van der Waals surface area (Å²) >= 11 is 0. The normalized spacial score (nSPS) is 12.7. The molecular formula is C17H31IN4. The summed E-state index contributed by atoms with van der Waals surface area (Å²) in [5.74, 6) is 1.35. The minimum Gasteiger partial charge on any atom is -0.356 e. The molecule has 0 amide bonds. The summed E-state index contributed by atoms with van der Waals surface area (Å²) < 4.78 is 0. The predicted octanol–water partition coefficient (Wildman–Crippen LogP) is 2.83. The number of nitrogens with zero attached hydrogens (tertiary/aromatic N) is 2. The second-order valence-corrected chi connectivity index (χ2v) is 5.85. The van der Waals surface area contributed by atoms with E-state index in [0.717, 1.165) is 32.0 Å². The first-order chi connectivity index (χ1) is 10.0. The van der Waals surface area contributed by atoms with Gasteiger partial charge in [-0.3, -0.25) is 4.99 Å². The standard InChI is InChI=1S/C17H30N4.HI/c1-14-7-9-16(10-8-14)15(2)13-20-17(18-3)19-11-6-12-21(4)5;/h7-10,15H,6,11-13H2,1-5H3,(H2,18,19,20);1H. The lowest BCUT2D eigenvalue weighted by Gasteiger charge is -2.17. The highest BCUT2D eigenvalue weighted by Crippen LogP contribution is 2.14. The van der Waals surface area contributed by atoms with E-state index in [0.29, 0.717) is 5.92 Å². The number of guanidine groups is 1. The Morgan fingerprint density at radius 2 is 1.82 bits per heavy atom. The van der Waals surface area contributed by atoms with Crippen LogP contribution in [0.3, 0.4) is 0 Å². The molecule has 0 aromatic heterocycles. The number of aliphatic imine (C=N–C) groups is 1. The third-order valence-corrected chi connectivity index (χ3v) is 3.52. The summed E-state index contributed by atoms with van der Waals surface area (Å²) in [5, 5.41) is 6.75. The SMILES string of the molecule is CN=C(NCCCN(C)C)NCC(C)c1ccc(C)cc1.I. The molecule has 0 aliphatic rings. The molecule has 0 saturated carbocycles. The van der Waals surface area contributed by atoms with Gasteiger partial charge in [0.25, 0.3) is 0 Å². The molecule has 2 N–H and O–H groups in total. The maximum absolute atomic E-state index is 4.27. The quantitative estimate of drug-likeness (QED) is 0.310. The molecule has 1 atom stereocenters. The average Bonchev–Trinajstić information content (AvgIpc) is 2.46. The zero-order valence-electron chi connectivity index (χ0n) is 14.5. The molecule has 1 aromatic rings. The van der Waals surface area contributed by atoms with Gasteiger partial charge in [0.05, 0.1) is 0 Å². The largest absolute Gasteiger partial charge is 0.356 e. The van der Waals surface area contributed by atoms with Crippen molar-refractivity contribution in [1.29, 1.82) is 0 Å². The van der Waals surface area contributed by atoms with Crippen molar-refractivity contribution in [3.05, 3.63) is 35.4 Å². The third kappa shape index (κ3) is 8.58. The molecule has 0 heterocycles. The number of hydrogen-bond donors (Lipinski definition) is 2. The lowest BCUT2D eigenvalue weighted by molar-refractivity contribution is 0.399. The zero-order chi connectivity index (χ0) is 15.7. The van der Waals surface area contributed by atoms with Gasteiger partial charge in [-0.2, -0.15) is 0 Å². The van der Waals surface area contributed by atoms with Crippen LogP contribution < -0.4 is 10.6 Å². The Kier molecular flexibility index (Phi) is 11.3. The lowest BCUT2D eigenvalue weighted by atomic mass is 10.0. The van der Waals surface area contributed by atoms with Crippen LogP contribution in [0.5, 0.6) is 0 Å². The molecule has 0 radical (unpaired) electrons. The van der Waals surface area contributed by atoms with Crippen LogP contribution in [0.1, 0.15) is 30.4 Å². The van der Waals surface area contributed by atoms with Gasteiger partial charge in [0.1, 0.15) is 0 Å². The van der Waals surface area contributed by atoms with Gasteiger partial charge in [0, 0.05) is 20.1 Å². The van der Waals surface area contributed by atoms with Crippen molar-refractivity contribution >= 4 is 29.9 Å². The van der Waals surface area contributed by atoms with Crippen LogP contribution in [0.25, 0.3) is 0 Å². The monoisotopic (exact) mass is 418 g/mol. The van der Waals surface area contributed by atoms with Gasteiger partial charge in [0.2, 0.25) is 0 Å². The summed E-state index contributed by atoms with van der Waals surface area (Å²) in [6, 6.07) is 8.74. The fraction of sp³-hybridized carbons (Fsp3) is 0.588. The van der Waals surface area contributed by atoms with E-state index in [9.17, 15) is 0 Å². The van der Waals surface area contributed by atoms with Gasteiger partial charge >= 0.3 is 0 Å². The number of aryl methyl sites for hydroxylation is 1. The van der Waals surface area contributed by atoms with E-state index in [4.69, 9.17) is 0 Å². The summed E-state index contributed by atoms with van der Waals surface area (Å²) in [5.41, 5.74) is 2.66. The van der Waals surface area contributed by atoms with Gasteiger partial charge in [-0.1, -0.05) is 36.8 Å². The molecule has 0 bridgehead atoms. The van der Waals surface area contributed by atoms with E-state index in [1.165, 1.54) is 11.1 Å². The highest BCUT2D eigenvalue weighted by Gasteiger charge is 2.06. The molecule has 5 heteroatoms. The summed E-state index contributed by atoms with van der Waals surface area (Å²) in [7, 11) is 6.00. The molecule has 126 valence electrons. The fourth-order valence-electron chi connectivity index (χ4n) is 2.09. The van der Waals surface area contributed by atoms with Gasteiger partial charge in [-0.15, -0.1) is 24.0 Å². The molecule has 0 saturated heterocycles. The van der Waals surface area contributed by atoms with Crippen molar-refractivity contribution in [2.75, 3.05) is 40.8 Å². The first-order valence-electron chi connectivity index (χ1n) is 7.68. The van der Waals surface area contributed by atoms with Gasteiger partial charge < -0.3 is 15.5 Å². The number of halogens is 1. The van der Waals surface area contributed by atoms with E-state index in [2.05, 4.69) is 72.7 Å². The van der Waals surface area contributed by atoms with Crippen LogP contribution in [-0.2, 0) is 0 Å². The highest BCUT2D eigenvalue weighted by molar-refractivity contribution is 14.0. The minimum atomic E-state index is 0. The number of rotatable bonds is 7. The molecule has 0 aliphatic carbocycles. The van der Waals surface area contributed by atoms with Crippen LogP contribution in [0.2, 0.25) is 0 Å². The molecule has 4 nitrogen and oxygen atoms in total. The molecule has 1 aromatic carbocycles. The zero-order valence-corrected chi connectivity index (χ0v) is 16.8. The van der Waals surface area contributed by atoms with Gasteiger partial charge in [0.15, 0.2) is 5.96 Å². The second-order valence-electron chi connectivity index (χ2n) is 5.85. The van der Waals surface area contributed by atoms with Crippen molar-refractivity contribution in [2.45, 2.75) is 26.2 Å². The van der Waals surface area contributed by atoms with Crippen molar-refractivity contribution in [3.63, 3.8) is 0 Å². The smallest absolute Gasteiger partial charge is 0.190 e. The van der Waals surface area contributed by atoms with E-state index >= 15 is 0 Å². The van der Waals surface area contributed by atoms with Crippen molar-refractivity contribution < 1.29 is 0 Å². The minimum absolute atomic E-state index is 0. The number of hydrogen-bond acceptors (Lipinski definition) is 2. The van der Waals surface area contributed by atoms with E-state index in [-0.39, 0.29) is 24.0 Å². The Balaban J connectivity index is 0.00000441. The Hall–Kier alpha value is -0.820. The Bertz CT molecular complexity index is 429. The molecule has 22 heavy (non-hydrogen) atoms. The van der Waals surface area contributed by atoms with E-state index in [1.54, 1.807) is 0 Å². The highest BCUT2D eigenvalue weighted by atomic mass is 127. The van der Waals surface area contributed by atoms with Crippen LogP contribution in [-0.4, -0.2) is 51.6 Å². The second kappa shape index (κ2) is 11.7. The molecular weight excluding hydrogens is 387 g/mol. The number of nitrogens with one attached hydrogen (secondary N) is 2. The van der Waals surface area contributed by atoms with Crippen LogP contribution in [0, 0.1) is 6.92 Å². The van der Waals surface area contributed by atoms with Crippen LogP contribution in [0.15, 0.2) is 29.3 Å². The van der Waals surface area contributed by atoms with Crippen molar-refractivity contribution in [3.8, 4) is 0 Å². The molecule has 0 aliphatic heterocycles. The Labute approximate surface area is 152 Å². The maximum atomic E-state index is 4.27. The van der Waals surface area contributed by atoms with Crippen molar-refractivity contribution in [2.24, 2.45) is 4.99 Å². The summed E-state index contributed by atoms with van der Waals surface area (Å²) in [4.78, 5) is 6.46. The summed E-state index contributed by atoms with van der Waals surface area (Å²) in [6.07, 6.45) is 1.11. The first-order valence-corrected chi connectivity index (χ1v) is 7.68. The van der Waals surface area contributed by atoms with Gasteiger partial charge in [-0.05, 0) is 45.5 Å². The maximum Gasteiger partial charge on any atom is 0.190 e. The summed E-state index contributed by atoms with van der Waals surface area (Å²) in [6.45, 7) is 7.26. The predicted molar refractivity (Wildman–Crippen MR) is 108 cm³/mol. The molecule has 0 spiro atoms. The topological polar surface area (TPSA) is 39.7 Å². The Morgan fingerprint density at radius 3 is 2.36 bits per heavy atom. The van der Waals surface area contributed by atoms with E-state index in [1.807, 2.05) is 7.05 Å². The van der Waals surface area contributed by atoms with E-state index < -0.39 is 0 Å². The van der Waals surface area contributed by atoms with Gasteiger partial charge in [-0.25, -0.2) is 0 Å². The molecule has 1 rings (SSSR count). The molecule has 0 fully saturated rings. The first kappa shape index (κ1) is 21.2. The fourth-order valence-corrected chi connectivity index (χ4v) is 2.09. The average molecular weight is 418 g/mol. The number of benzene rings is 1. The lowest BCUT2D eigenvalue weighted by Crippen LogP contribution is -2.40. The molecule has 1 unspecified atom stereocenters.